The Morgan fingerprint density at radius 1 is 1.24 bits per heavy atom. The van der Waals surface area contributed by atoms with Gasteiger partial charge in [-0.15, -0.1) is 0 Å². The molecule has 0 aliphatic carbocycles. The molecule has 0 saturated carbocycles. The lowest BCUT2D eigenvalue weighted by Crippen LogP contribution is -2.27. The Balaban J connectivity index is 1.68. The Morgan fingerprint density at radius 3 is 2.91 bits per heavy atom. The maximum atomic E-state index is 9.18. The fraction of sp³-hybridized carbons (Fsp3) is 0.346. The molecule has 170 valence electrons. The number of aromatic nitrogens is 3. The first-order valence-electron chi connectivity index (χ1n) is 11.4. The van der Waals surface area contributed by atoms with Crippen molar-refractivity contribution in [3.63, 3.8) is 0 Å². The van der Waals surface area contributed by atoms with E-state index in [0.29, 0.717) is 12.4 Å². The number of hydrogen-bond donors (Lipinski definition) is 1. The van der Waals surface area contributed by atoms with Gasteiger partial charge in [-0.1, -0.05) is 31.9 Å². The van der Waals surface area contributed by atoms with Gasteiger partial charge in [0, 0.05) is 23.5 Å². The van der Waals surface area contributed by atoms with E-state index in [2.05, 4.69) is 27.9 Å². The van der Waals surface area contributed by atoms with Crippen molar-refractivity contribution in [1.82, 2.24) is 19.9 Å². The van der Waals surface area contributed by atoms with Crippen LogP contribution in [0.2, 0.25) is 0 Å². The monoisotopic (exact) mass is 443 g/mol. The molecule has 0 bridgehead atoms. The number of fused-ring (bicyclic) bond motifs is 1. The van der Waals surface area contributed by atoms with Crippen LogP contribution in [0.25, 0.3) is 23.3 Å². The van der Waals surface area contributed by atoms with E-state index in [-0.39, 0.29) is 6.17 Å². The zero-order valence-electron chi connectivity index (χ0n) is 19.1. The van der Waals surface area contributed by atoms with Gasteiger partial charge in [-0.3, -0.25) is 4.57 Å². The molecule has 1 atom stereocenters. The van der Waals surface area contributed by atoms with Crippen LogP contribution in [-0.2, 0) is 0 Å². The lowest BCUT2D eigenvalue weighted by molar-refractivity contribution is 0.285. The summed E-state index contributed by atoms with van der Waals surface area (Å²) < 4.78 is 13.8. The second kappa shape index (κ2) is 10.7. The van der Waals surface area contributed by atoms with Gasteiger partial charge in [0.25, 0.3) is 0 Å². The molecule has 0 fully saturated rings. The van der Waals surface area contributed by atoms with Gasteiger partial charge in [-0.05, 0) is 49.6 Å². The van der Waals surface area contributed by atoms with E-state index < -0.39 is 0 Å². The van der Waals surface area contributed by atoms with Gasteiger partial charge in [-0.2, -0.15) is 5.26 Å². The molecule has 1 aromatic carbocycles. The van der Waals surface area contributed by atoms with Crippen LogP contribution in [0.4, 0.5) is 0 Å². The third-order valence-electron chi connectivity index (χ3n) is 5.70. The minimum Gasteiger partial charge on any atom is -0.493 e. The molecule has 1 N–H and O–H groups in total. The summed E-state index contributed by atoms with van der Waals surface area (Å²) in [7, 11) is 1.66. The Hall–Kier alpha value is -3.79. The number of pyridine rings is 1. The highest BCUT2D eigenvalue weighted by molar-refractivity contribution is 5.78. The number of benzene rings is 1. The molecular formula is C26H29N5O2. The van der Waals surface area contributed by atoms with Gasteiger partial charge in [-0.25, -0.2) is 9.97 Å². The fourth-order valence-corrected chi connectivity index (χ4v) is 3.98. The maximum absolute atomic E-state index is 9.18. The average Bonchev–Trinajstić information content (AvgIpc) is 3.24. The summed E-state index contributed by atoms with van der Waals surface area (Å²) in [6.45, 7) is 2.83. The van der Waals surface area contributed by atoms with Crippen molar-refractivity contribution < 1.29 is 9.47 Å². The molecule has 0 amide bonds. The number of para-hydroxylation sites is 1. The number of methoxy groups -OCH3 is 1. The van der Waals surface area contributed by atoms with Gasteiger partial charge in [0.05, 0.1) is 19.8 Å². The van der Waals surface area contributed by atoms with Crippen molar-refractivity contribution in [3.05, 3.63) is 59.7 Å². The molecule has 33 heavy (non-hydrogen) atoms. The number of hydrogen-bond acceptors (Lipinski definition) is 6. The highest BCUT2D eigenvalue weighted by atomic mass is 16.5. The highest BCUT2D eigenvalue weighted by Gasteiger charge is 2.21. The molecule has 4 rings (SSSR count). The predicted molar refractivity (Wildman–Crippen MR) is 130 cm³/mol. The van der Waals surface area contributed by atoms with Crippen LogP contribution in [0.3, 0.4) is 0 Å². The van der Waals surface area contributed by atoms with E-state index >= 15 is 0 Å². The summed E-state index contributed by atoms with van der Waals surface area (Å²) >= 11 is 0. The Kier molecular flexibility index (Phi) is 7.26. The van der Waals surface area contributed by atoms with Gasteiger partial charge < -0.3 is 14.8 Å². The first-order chi connectivity index (χ1) is 16.2. The van der Waals surface area contributed by atoms with Crippen molar-refractivity contribution in [3.8, 4) is 17.6 Å². The molecule has 3 heterocycles. The topological polar surface area (TPSA) is 85.0 Å². The zero-order chi connectivity index (χ0) is 23.0. The Morgan fingerprint density at radius 2 is 2.15 bits per heavy atom. The number of rotatable bonds is 9. The third kappa shape index (κ3) is 5.01. The molecule has 1 aliphatic rings. The maximum Gasteiger partial charge on any atom is 0.168 e. The lowest BCUT2D eigenvalue weighted by atomic mass is 10.1. The van der Waals surface area contributed by atoms with Crippen LogP contribution in [0, 0.1) is 11.3 Å². The number of allylic oxidation sites excluding steroid dienone is 1. The molecule has 1 aliphatic heterocycles. The number of nitriles is 1. The van der Waals surface area contributed by atoms with Gasteiger partial charge >= 0.3 is 0 Å². The number of unbranched alkanes of at least 4 members (excludes halogenated alkanes) is 2. The summed E-state index contributed by atoms with van der Waals surface area (Å²) in [5.41, 5.74) is 3.32. The molecule has 7 nitrogen and oxygen atoms in total. The van der Waals surface area contributed by atoms with Gasteiger partial charge in [0.15, 0.2) is 17.1 Å². The molecule has 0 saturated heterocycles. The SMILES string of the molecule is CCCCCOc1c(/C=C/c2nc3cccnc3n2C2CCC(C#N)=CN2)cccc1OC. The summed E-state index contributed by atoms with van der Waals surface area (Å²) in [6, 6.07) is 12.0. The van der Waals surface area contributed by atoms with Crippen LogP contribution in [0.5, 0.6) is 11.5 Å². The van der Waals surface area contributed by atoms with Crippen molar-refractivity contribution in [2.24, 2.45) is 0 Å². The van der Waals surface area contributed by atoms with Gasteiger partial charge in [0.1, 0.15) is 17.5 Å². The normalized spacial score (nSPS) is 15.8. The van der Waals surface area contributed by atoms with E-state index in [1.54, 1.807) is 19.5 Å². The van der Waals surface area contributed by atoms with Crippen LogP contribution >= 0.6 is 0 Å². The zero-order valence-corrected chi connectivity index (χ0v) is 19.1. The summed E-state index contributed by atoms with van der Waals surface area (Å²) in [5.74, 6) is 2.24. The Labute approximate surface area is 194 Å². The highest BCUT2D eigenvalue weighted by Crippen LogP contribution is 2.33. The fourth-order valence-electron chi connectivity index (χ4n) is 3.98. The van der Waals surface area contributed by atoms with Crippen molar-refractivity contribution >= 4 is 23.3 Å². The summed E-state index contributed by atoms with van der Waals surface area (Å²) in [6.07, 6.45) is 12.3. The number of imidazole rings is 1. The third-order valence-corrected chi connectivity index (χ3v) is 5.70. The minimum atomic E-state index is -0.0308. The molecule has 0 spiro atoms. The van der Waals surface area contributed by atoms with E-state index in [1.807, 2.05) is 42.5 Å². The number of nitrogens with zero attached hydrogens (tertiary/aromatic N) is 4. The quantitative estimate of drug-likeness (QED) is 0.442. The van der Waals surface area contributed by atoms with E-state index in [1.165, 1.54) is 0 Å². The molecule has 7 heteroatoms. The van der Waals surface area contributed by atoms with Crippen molar-refractivity contribution in [2.75, 3.05) is 13.7 Å². The second-order valence-electron chi connectivity index (χ2n) is 7.96. The molecule has 3 aromatic rings. The minimum absolute atomic E-state index is 0.0308. The predicted octanol–water partition coefficient (Wildman–Crippen LogP) is 5.47. The molecule has 1 unspecified atom stereocenters. The van der Waals surface area contributed by atoms with Crippen molar-refractivity contribution in [1.29, 1.82) is 5.26 Å². The average molecular weight is 444 g/mol. The number of nitrogens with one attached hydrogen (secondary N) is 1. The van der Waals surface area contributed by atoms with Crippen LogP contribution in [0.1, 0.15) is 56.6 Å². The first-order valence-corrected chi connectivity index (χ1v) is 11.4. The van der Waals surface area contributed by atoms with E-state index in [9.17, 15) is 5.26 Å². The van der Waals surface area contributed by atoms with E-state index in [0.717, 1.165) is 66.0 Å². The largest absolute Gasteiger partial charge is 0.493 e. The Bertz CT molecular complexity index is 1210. The van der Waals surface area contributed by atoms with E-state index in [4.69, 9.17) is 14.5 Å². The first kappa shape index (κ1) is 22.4. The molecule has 2 aromatic heterocycles. The second-order valence-corrected chi connectivity index (χ2v) is 7.96. The molecule has 0 radical (unpaired) electrons. The van der Waals surface area contributed by atoms with Crippen LogP contribution in [0.15, 0.2) is 48.3 Å². The van der Waals surface area contributed by atoms with Gasteiger partial charge in [0.2, 0.25) is 0 Å². The standard InChI is InChI=1S/C26H29N5O2/c1-3-4-5-16-33-25-20(8-6-10-22(25)32-2)12-14-24-30-21-9-7-15-28-26(21)31(24)23-13-11-19(17-27)18-29-23/h6-10,12,14-15,18,23,29H,3-5,11,13,16H2,1-2H3/b14-12+. The smallest absolute Gasteiger partial charge is 0.168 e. The molecular weight excluding hydrogens is 414 g/mol. The lowest BCUT2D eigenvalue weighted by Gasteiger charge is -2.24. The number of ether oxygens (including phenoxy) is 2. The van der Waals surface area contributed by atoms with Crippen LogP contribution in [-0.4, -0.2) is 28.3 Å². The van der Waals surface area contributed by atoms with Crippen LogP contribution < -0.4 is 14.8 Å². The van der Waals surface area contributed by atoms with Crippen molar-refractivity contribution in [2.45, 2.75) is 45.2 Å². The summed E-state index contributed by atoms with van der Waals surface area (Å²) in [5, 5.41) is 12.5. The summed E-state index contributed by atoms with van der Waals surface area (Å²) in [4.78, 5) is 9.39.